The van der Waals surface area contributed by atoms with Crippen LogP contribution in [0.25, 0.3) is 6.08 Å². The summed E-state index contributed by atoms with van der Waals surface area (Å²) >= 11 is 0. The van der Waals surface area contributed by atoms with Crippen molar-refractivity contribution in [3.05, 3.63) is 94.8 Å². The first-order valence-corrected chi connectivity index (χ1v) is 11.4. The van der Waals surface area contributed by atoms with E-state index in [2.05, 4.69) is 87.6 Å². The molecule has 5 nitrogen and oxygen atoms in total. The molecule has 1 fully saturated rings. The van der Waals surface area contributed by atoms with E-state index in [-0.39, 0.29) is 5.41 Å². The molecule has 0 unspecified atom stereocenters. The largest absolute Gasteiger partial charge is 0.394 e. The number of likely N-dealkylation sites (N-methyl/N-ethyl adjacent to an activating group) is 1. The average molecular weight is 427 g/mol. The Morgan fingerprint density at radius 2 is 1.72 bits per heavy atom. The Balaban J connectivity index is 1.53. The van der Waals surface area contributed by atoms with Crippen LogP contribution in [0, 0.1) is 0 Å². The number of benzene rings is 2. The molecule has 5 rings (SSSR count). The van der Waals surface area contributed by atoms with Gasteiger partial charge in [-0.25, -0.2) is 0 Å². The Morgan fingerprint density at radius 3 is 2.31 bits per heavy atom. The molecule has 0 amide bonds. The number of hydrogen-bond acceptors (Lipinski definition) is 4. The molecule has 0 saturated heterocycles. The summed E-state index contributed by atoms with van der Waals surface area (Å²) in [5.74, 6) is 0. The fourth-order valence-corrected chi connectivity index (χ4v) is 4.52. The fourth-order valence-electron chi connectivity index (χ4n) is 4.52. The number of hydrogen-bond donors (Lipinski definition) is 0. The highest BCUT2D eigenvalue weighted by Crippen LogP contribution is 2.45. The molecule has 3 aromatic rings. The Hall–Kier alpha value is -3.18. The van der Waals surface area contributed by atoms with Gasteiger partial charge >= 0.3 is 0 Å². The molecule has 2 aliphatic rings. The van der Waals surface area contributed by atoms with Crippen molar-refractivity contribution >= 4 is 12.3 Å². The smallest absolute Gasteiger partial charge is 0.129 e. The highest BCUT2D eigenvalue weighted by molar-refractivity contribution is 5.84. The first-order chi connectivity index (χ1) is 15.7. The molecule has 164 valence electrons. The summed E-state index contributed by atoms with van der Waals surface area (Å²) < 4.78 is 2.25. The van der Waals surface area contributed by atoms with E-state index >= 15 is 0 Å². The van der Waals surface area contributed by atoms with E-state index in [4.69, 9.17) is 9.94 Å². The van der Waals surface area contributed by atoms with E-state index in [9.17, 15) is 0 Å². The number of aromatic nitrogens is 2. The van der Waals surface area contributed by atoms with Crippen LogP contribution in [0.5, 0.6) is 0 Å². The monoisotopic (exact) mass is 426 g/mol. The standard InChI is InChI=1S/C27H30N4O/c1-30(2)17-18-32-28-20-25-24-15-16-27(21-9-5-3-6-10-21,22-11-7-4-8-12-22)19-26(24)31(29-25)23-13-14-23/h3-12,15-16,20,23H,13-14,17-19H2,1-2H3/b28-20+. The third-order valence-corrected chi connectivity index (χ3v) is 6.41. The van der Waals surface area contributed by atoms with Crippen molar-refractivity contribution < 1.29 is 4.84 Å². The van der Waals surface area contributed by atoms with Gasteiger partial charge in [-0.3, -0.25) is 4.68 Å². The predicted molar refractivity (Wildman–Crippen MR) is 129 cm³/mol. The number of oxime groups is 1. The summed E-state index contributed by atoms with van der Waals surface area (Å²) in [4.78, 5) is 7.54. The molecule has 2 aromatic carbocycles. The van der Waals surface area contributed by atoms with E-state index in [1.54, 1.807) is 6.21 Å². The molecule has 0 bridgehead atoms. The predicted octanol–water partition coefficient (Wildman–Crippen LogP) is 4.69. The van der Waals surface area contributed by atoms with Crippen molar-refractivity contribution in [2.45, 2.75) is 30.7 Å². The average Bonchev–Trinajstić information content (AvgIpc) is 3.61. The maximum absolute atomic E-state index is 5.46. The van der Waals surface area contributed by atoms with E-state index < -0.39 is 0 Å². The van der Waals surface area contributed by atoms with Crippen molar-refractivity contribution in [3.8, 4) is 0 Å². The zero-order valence-corrected chi connectivity index (χ0v) is 18.8. The molecule has 0 spiro atoms. The lowest BCUT2D eigenvalue weighted by atomic mass is 9.68. The fraction of sp³-hybridized carbons (Fsp3) is 0.333. The van der Waals surface area contributed by atoms with Gasteiger partial charge in [0, 0.05) is 29.6 Å². The number of nitrogens with zero attached hydrogens (tertiary/aromatic N) is 4. The van der Waals surface area contributed by atoms with E-state index in [0.717, 1.165) is 18.7 Å². The molecule has 0 N–H and O–H groups in total. The van der Waals surface area contributed by atoms with Gasteiger partial charge in [0.2, 0.25) is 0 Å². The molecule has 1 aromatic heterocycles. The van der Waals surface area contributed by atoms with Crippen LogP contribution in [0.1, 0.15) is 47.0 Å². The summed E-state index contributed by atoms with van der Waals surface area (Å²) in [5.41, 5.74) is 5.75. The molecule has 0 aliphatic heterocycles. The van der Waals surface area contributed by atoms with Gasteiger partial charge in [-0.2, -0.15) is 5.10 Å². The van der Waals surface area contributed by atoms with Crippen molar-refractivity contribution in [2.24, 2.45) is 5.16 Å². The van der Waals surface area contributed by atoms with Gasteiger partial charge in [0.05, 0.1) is 12.3 Å². The van der Waals surface area contributed by atoms with Gasteiger partial charge in [0.15, 0.2) is 0 Å². The molecule has 0 radical (unpaired) electrons. The highest BCUT2D eigenvalue weighted by atomic mass is 16.6. The van der Waals surface area contributed by atoms with Gasteiger partial charge in [0.25, 0.3) is 0 Å². The van der Waals surface area contributed by atoms with Gasteiger partial charge in [-0.15, -0.1) is 0 Å². The Kier molecular flexibility index (Phi) is 5.66. The van der Waals surface area contributed by atoms with Crippen molar-refractivity contribution in [2.75, 3.05) is 27.2 Å². The zero-order chi connectivity index (χ0) is 22.0. The Morgan fingerprint density at radius 1 is 1.06 bits per heavy atom. The molecule has 2 aliphatic carbocycles. The van der Waals surface area contributed by atoms with Gasteiger partial charge < -0.3 is 9.74 Å². The van der Waals surface area contributed by atoms with Crippen molar-refractivity contribution in [1.29, 1.82) is 0 Å². The van der Waals surface area contributed by atoms with Crippen LogP contribution in [0.2, 0.25) is 0 Å². The first-order valence-electron chi connectivity index (χ1n) is 11.4. The maximum Gasteiger partial charge on any atom is 0.129 e. The summed E-state index contributed by atoms with van der Waals surface area (Å²) in [7, 11) is 4.05. The Labute approximate surface area is 190 Å². The molecule has 5 heteroatoms. The number of fused-ring (bicyclic) bond motifs is 1. The minimum absolute atomic E-state index is 0.210. The third kappa shape index (κ3) is 4.00. The van der Waals surface area contributed by atoms with Crippen LogP contribution in [0.3, 0.4) is 0 Å². The lowest BCUT2D eigenvalue weighted by Crippen LogP contribution is -2.31. The number of rotatable bonds is 8. The van der Waals surface area contributed by atoms with Crippen LogP contribution in [-0.2, 0) is 16.7 Å². The van der Waals surface area contributed by atoms with Gasteiger partial charge in [-0.1, -0.05) is 78.0 Å². The lowest BCUT2D eigenvalue weighted by Gasteiger charge is -2.35. The molecular weight excluding hydrogens is 396 g/mol. The summed E-state index contributed by atoms with van der Waals surface area (Å²) in [6, 6.07) is 22.1. The quantitative estimate of drug-likeness (QED) is 0.298. The number of allylic oxidation sites excluding steroid dienone is 1. The summed E-state index contributed by atoms with van der Waals surface area (Å²) in [5, 5.41) is 9.17. The van der Waals surface area contributed by atoms with E-state index in [1.165, 1.54) is 35.2 Å². The molecule has 0 atom stereocenters. The molecule has 1 heterocycles. The van der Waals surface area contributed by atoms with Crippen LogP contribution in [0.15, 0.2) is 71.9 Å². The van der Waals surface area contributed by atoms with E-state index in [1.807, 2.05) is 14.1 Å². The second kappa shape index (κ2) is 8.75. The minimum Gasteiger partial charge on any atom is -0.394 e. The van der Waals surface area contributed by atoms with Crippen LogP contribution in [0.4, 0.5) is 0 Å². The van der Waals surface area contributed by atoms with Crippen LogP contribution in [-0.4, -0.2) is 48.1 Å². The zero-order valence-electron chi connectivity index (χ0n) is 18.8. The first kappa shape index (κ1) is 20.7. The van der Waals surface area contributed by atoms with Crippen LogP contribution >= 0.6 is 0 Å². The molecule has 1 saturated carbocycles. The van der Waals surface area contributed by atoms with Crippen LogP contribution < -0.4 is 0 Å². The maximum atomic E-state index is 5.46. The van der Waals surface area contributed by atoms with Gasteiger partial charge in [-0.05, 0) is 38.1 Å². The van der Waals surface area contributed by atoms with Crippen molar-refractivity contribution in [1.82, 2.24) is 14.7 Å². The van der Waals surface area contributed by atoms with Crippen molar-refractivity contribution in [3.63, 3.8) is 0 Å². The minimum atomic E-state index is -0.210. The second-order valence-corrected chi connectivity index (χ2v) is 9.01. The normalized spacial score (nSPS) is 17.1. The highest BCUT2D eigenvalue weighted by Gasteiger charge is 2.39. The Bertz CT molecular complexity index is 1070. The lowest BCUT2D eigenvalue weighted by molar-refractivity contribution is 0.127. The second-order valence-electron chi connectivity index (χ2n) is 9.01. The molecular formula is C27H30N4O. The summed E-state index contributed by atoms with van der Waals surface area (Å²) in [6.45, 7) is 1.40. The van der Waals surface area contributed by atoms with Gasteiger partial charge in [0.1, 0.15) is 12.3 Å². The molecule has 32 heavy (non-hydrogen) atoms. The topological polar surface area (TPSA) is 42.6 Å². The third-order valence-electron chi connectivity index (χ3n) is 6.41. The van der Waals surface area contributed by atoms with E-state index in [0.29, 0.717) is 12.6 Å². The summed E-state index contributed by atoms with van der Waals surface area (Å²) in [6.07, 6.45) is 9.63. The SMILES string of the molecule is CN(C)CCO/N=C/c1nn(C2CC2)c2c1C=CC(c1ccccc1)(c1ccccc1)C2.